The maximum Gasteiger partial charge on any atom is 0.0665 e. The Morgan fingerprint density at radius 3 is 2.22 bits per heavy atom. The third-order valence-electron chi connectivity index (χ3n) is 3.39. The highest BCUT2D eigenvalue weighted by molar-refractivity contribution is 5.24. The minimum absolute atomic E-state index is 0.289. The molecule has 18 heavy (non-hydrogen) atoms. The lowest BCUT2D eigenvalue weighted by molar-refractivity contribution is 0.0220. The maximum absolute atomic E-state index is 5.94. The van der Waals surface area contributed by atoms with Gasteiger partial charge in [-0.2, -0.15) is 0 Å². The van der Waals surface area contributed by atoms with E-state index in [9.17, 15) is 0 Å². The van der Waals surface area contributed by atoms with E-state index in [1.54, 1.807) is 0 Å². The molecule has 2 atom stereocenters. The SMILES string of the molecule is CCNC(COC(C)C(C)C)c1ccc(C)cc1. The highest BCUT2D eigenvalue weighted by Crippen LogP contribution is 2.16. The summed E-state index contributed by atoms with van der Waals surface area (Å²) in [6, 6.07) is 8.98. The number of benzene rings is 1. The predicted molar refractivity (Wildman–Crippen MR) is 77.8 cm³/mol. The Bertz CT molecular complexity index is 331. The topological polar surface area (TPSA) is 21.3 Å². The zero-order valence-electron chi connectivity index (χ0n) is 12.4. The Morgan fingerprint density at radius 2 is 1.72 bits per heavy atom. The van der Waals surface area contributed by atoms with Gasteiger partial charge in [-0.15, -0.1) is 0 Å². The molecule has 2 heteroatoms. The molecule has 0 radical (unpaired) electrons. The van der Waals surface area contributed by atoms with Crippen molar-refractivity contribution >= 4 is 0 Å². The van der Waals surface area contributed by atoms with Crippen LogP contribution in [0.25, 0.3) is 0 Å². The molecule has 0 saturated carbocycles. The Labute approximate surface area is 112 Å². The van der Waals surface area contributed by atoms with Crippen LogP contribution in [-0.2, 0) is 4.74 Å². The molecule has 0 saturated heterocycles. The lowest BCUT2D eigenvalue weighted by Gasteiger charge is -2.23. The van der Waals surface area contributed by atoms with Crippen molar-refractivity contribution in [3.05, 3.63) is 35.4 Å². The first-order chi connectivity index (χ1) is 8.54. The van der Waals surface area contributed by atoms with Crippen molar-refractivity contribution in [2.24, 2.45) is 5.92 Å². The van der Waals surface area contributed by atoms with E-state index in [1.165, 1.54) is 11.1 Å². The van der Waals surface area contributed by atoms with E-state index in [4.69, 9.17) is 4.74 Å². The zero-order chi connectivity index (χ0) is 13.5. The molecule has 0 aliphatic carbocycles. The Morgan fingerprint density at radius 1 is 1.11 bits per heavy atom. The van der Waals surface area contributed by atoms with Gasteiger partial charge < -0.3 is 10.1 Å². The van der Waals surface area contributed by atoms with Gasteiger partial charge in [-0.1, -0.05) is 50.6 Å². The minimum Gasteiger partial charge on any atom is -0.376 e. The van der Waals surface area contributed by atoms with E-state index >= 15 is 0 Å². The van der Waals surface area contributed by atoms with Gasteiger partial charge in [0.15, 0.2) is 0 Å². The van der Waals surface area contributed by atoms with Crippen molar-refractivity contribution in [3.8, 4) is 0 Å². The van der Waals surface area contributed by atoms with Crippen molar-refractivity contribution in [1.82, 2.24) is 5.32 Å². The molecule has 0 aromatic heterocycles. The molecule has 2 unspecified atom stereocenters. The summed E-state index contributed by atoms with van der Waals surface area (Å²) in [5.74, 6) is 0.560. The van der Waals surface area contributed by atoms with Gasteiger partial charge in [0.25, 0.3) is 0 Å². The Kier molecular flexibility index (Phi) is 6.37. The van der Waals surface area contributed by atoms with Gasteiger partial charge in [0.1, 0.15) is 0 Å². The summed E-state index contributed by atoms with van der Waals surface area (Å²) >= 11 is 0. The van der Waals surface area contributed by atoms with Crippen LogP contribution in [0.5, 0.6) is 0 Å². The highest BCUT2D eigenvalue weighted by Gasteiger charge is 2.14. The zero-order valence-corrected chi connectivity index (χ0v) is 12.4. The summed E-state index contributed by atoms with van der Waals surface area (Å²) in [7, 11) is 0. The molecule has 1 rings (SSSR count). The molecule has 102 valence electrons. The molecule has 0 amide bonds. The summed E-state index contributed by atoms with van der Waals surface area (Å²) in [5.41, 5.74) is 2.60. The number of aryl methyl sites for hydroxylation is 1. The van der Waals surface area contributed by atoms with Crippen LogP contribution in [0.15, 0.2) is 24.3 Å². The minimum atomic E-state index is 0.289. The van der Waals surface area contributed by atoms with Crippen molar-refractivity contribution in [1.29, 1.82) is 0 Å². The smallest absolute Gasteiger partial charge is 0.0665 e. The first-order valence-electron chi connectivity index (χ1n) is 6.96. The van der Waals surface area contributed by atoms with E-state index in [-0.39, 0.29) is 6.04 Å². The quantitative estimate of drug-likeness (QED) is 0.795. The van der Waals surface area contributed by atoms with Crippen molar-refractivity contribution in [2.45, 2.75) is 46.8 Å². The van der Waals surface area contributed by atoms with Crippen molar-refractivity contribution < 1.29 is 4.74 Å². The summed E-state index contributed by atoms with van der Waals surface area (Å²) < 4.78 is 5.94. The van der Waals surface area contributed by atoms with Gasteiger partial charge >= 0.3 is 0 Å². The van der Waals surface area contributed by atoms with E-state index < -0.39 is 0 Å². The van der Waals surface area contributed by atoms with Crippen molar-refractivity contribution in [2.75, 3.05) is 13.2 Å². The fraction of sp³-hybridized carbons (Fsp3) is 0.625. The average Bonchev–Trinajstić information content (AvgIpc) is 2.35. The monoisotopic (exact) mass is 249 g/mol. The molecular formula is C16H27NO. The molecule has 0 spiro atoms. The van der Waals surface area contributed by atoms with Crippen LogP contribution >= 0.6 is 0 Å². The second-order valence-corrected chi connectivity index (χ2v) is 5.30. The summed E-state index contributed by atoms with van der Waals surface area (Å²) in [5, 5.41) is 3.49. The third kappa shape index (κ3) is 4.79. The van der Waals surface area contributed by atoms with Crippen LogP contribution < -0.4 is 5.32 Å². The van der Waals surface area contributed by atoms with Gasteiger partial charge in [-0.25, -0.2) is 0 Å². The largest absolute Gasteiger partial charge is 0.376 e. The van der Waals surface area contributed by atoms with Gasteiger partial charge in [-0.3, -0.25) is 0 Å². The first-order valence-corrected chi connectivity index (χ1v) is 6.96. The van der Waals surface area contributed by atoms with E-state index in [1.807, 2.05) is 0 Å². The molecular weight excluding hydrogens is 222 g/mol. The lowest BCUT2D eigenvalue weighted by Crippen LogP contribution is -2.28. The Balaban J connectivity index is 2.62. The van der Waals surface area contributed by atoms with E-state index in [0.717, 1.165) is 13.2 Å². The second kappa shape index (κ2) is 7.55. The molecule has 0 fully saturated rings. The molecule has 1 aromatic carbocycles. The molecule has 1 aromatic rings. The lowest BCUT2D eigenvalue weighted by atomic mass is 10.1. The van der Waals surface area contributed by atoms with Gasteiger partial charge in [0.2, 0.25) is 0 Å². The molecule has 2 nitrogen and oxygen atoms in total. The van der Waals surface area contributed by atoms with Gasteiger partial charge in [0, 0.05) is 0 Å². The molecule has 0 bridgehead atoms. The number of rotatable bonds is 7. The van der Waals surface area contributed by atoms with Crippen LogP contribution in [0.3, 0.4) is 0 Å². The highest BCUT2D eigenvalue weighted by atomic mass is 16.5. The summed E-state index contributed by atoms with van der Waals surface area (Å²) in [6.07, 6.45) is 0.302. The fourth-order valence-corrected chi connectivity index (χ4v) is 1.76. The second-order valence-electron chi connectivity index (χ2n) is 5.30. The van der Waals surface area contributed by atoms with Crippen LogP contribution in [0.2, 0.25) is 0 Å². The number of ether oxygens (including phenoxy) is 1. The molecule has 0 aliphatic rings. The van der Waals surface area contributed by atoms with Gasteiger partial charge in [-0.05, 0) is 31.9 Å². The summed E-state index contributed by atoms with van der Waals surface area (Å²) in [6.45, 7) is 12.5. The number of hydrogen-bond acceptors (Lipinski definition) is 2. The van der Waals surface area contributed by atoms with Crippen LogP contribution in [-0.4, -0.2) is 19.3 Å². The number of likely N-dealkylation sites (N-methyl/N-ethyl adjacent to an activating group) is 1. The van der Waals surface area contributed by atoms with Crippen LogP contribution in [0.1, 0.15) is 44.9 Å². The molecule has 0 aliphatic heterocycles. The van der Waals surface area contributed by atoms with E-state index in [2.05, 4.69) is 64.2 Å². The number of hydrogen-bond donors (Lipinski definition) is 1. The standard InChI is InChI=1S/C16H27NO/c1-6-17-16(11-18-14(5)12(2)3)15-9-7-13(4)8-10-15/h7-10,12,14,16-17H,6,11H2,1-5H3. The maximum atomic E-state index is 5.94. The fourth-order valence-electron chi connectivity index (χ4n) is 1.76. The summed E-state index contributed by atoms with van der Waals surface area (Å²) in [4.78, 5) is 0. The van der Waals surface area contributed by atoms with Crippen molar-refractivity contribution in [3.63, 3.8) is 0 Å². The van der Waals surface area contributed by atoms with E-state index in [0.29, 0.717) is 12.0 Å². The predicted octanol–water partition coefficient (Wildman–Crippen LogP) is 3.71. The first kappa shape index (κ1) is 15.2. The Hall–Kier alpha value is -0.860. The molecule has 0 heterocycles. The number of nitrogens with one attached hydrogen (secondary N) is 1. The van der Waals surface area contributed by atoms with Gasteiger partial charge in [0.05, 0.1) is 18.8 Å². The third-order valence-corrected chi connectivity index (χ3v) is 3.39. The average molecular weight is 249 g/mol. The van der Waals surface area contributed by atoms with Crippen LogP contribution in [0.4, 0.5) is 0 Å². The van der Waals surface area contributed by atoms with Crippen LogP contribution in [0, 0.1) is 12.8 Å². The normalized spacial score (nSPS) is 14.8. The molecule has 1 N–H and O–H groups in total.